The van der Waals surface area contributed by atoms with E-state index in [4.69, 9.17) is 11.6 Å². The van der Waals surface area contributed by atoms with Gasteiger partial charge >= 0.3 is 0 Å². The van der Waals surface area contributed by atoms with Crippen molar-refractivity contribution in [1.29, 1.82) is 0 Å². The lowest BCUT2D eigenvalue weighted by molar-refractivity contribution is 0.173. The van der Waals surface area contributed by atoms with Crippen LogP contribution in [0.2, 0.25) is 5.02 Å². The van der Waals surface area contributed by atoms with Crippen LogP contribution in [0.4, 0.5) is 4.39 Å². The van der Waals surface area contributed by atoms with Crippen LogP contribution < -0.4 is 0 Å². The Labute approximate surface area is 115 Å². The lowest BCUT2D eigenvalue weighted by atomic mass is 10.1. The summed E-state index contributed by atoms with van der Waals surface area (Å²) in [7, 11) is 0. The first-order valence-electron chi connectivity index (χ1n) is 6.01. The van der Waals surface area contributed by atoms with Crippen molar-refractivity contribution < 1.29 is 9.50 Å². The van der Waals surface area contributed by atoms with Crippen molar-refractivity contribution in [2.24, 2.45) is 0 Å². The molecule has 1 N–H and O–H groups in total. The van der Waals surface area contributed by atoms with E-state index in [-0.39, 0.29) is 17.5 Å². The largest absolute Gasteiger partial charge is 0.388 e. The second kappa shape index (κ2) is 5.67. The zero-order chi connectivity index (χ0) is 14.0. The van der Waals surface area contributed by atoms with Crippen molar-refractivity contribution in [3.63, 3.8) is 0 Å². The first-order chi connectivity index (χ1) is 9.00. The number of rotatable bonds is 4. The molecular weight excluding hydrogens is 269 g/mol. The molecule has 1 unspecified atom stereocenters. The van der Waals surface area contributed by atoms with E-state index in [9.17, 15) is 9.50 Å². The lowest BCUT2D eigenvalue weighted by Gasteiger charge is -2.14. The monoisotopic (exact) mass is 283 g/mol. The van der Waals surface area contributed by atoms with Gasteiger partial charge in [-0.15, -0.1) is 0 Å². The van der Waals surface area contributed by atoms with Crippen LogP contribution in [-0.2, 0) is 6.42 Å². The van der Waals surface area contributed by atoms with Gasteiger partial charge in [0.2, 0.25) is 0 Å². The Morgan fingerprint density at radius 1 is 1.42 bits per heavy atom. The summed E-state index contributed by atoms with van der Waals surface area (Å²) in [5, 5.41) is 14.2. The summed E-state index contributed by atoms with van der Waals surface area (Å²) >= 11 is 5.85. The van der Waals surface area contributed by atoms with Gasteiger partial charge in [0, 0.05) is 18.0 Å². The Morgan fingerprint density at radius 2 is 2.16 bits per heavy atom. The van der Waals surface area contributed by atoms with E-state index in [2.05, 4.69) is 10.1 Å². The van der Waals surface area contributed by atoms with Gasteiger partial charge in [0.05, 0.1) is 11.1 Å². The zero-order valence-corrected chi connectivity index (χ0v) is 11.5. The van der Waals surface area contributed by atoms with Gasteiger partial charge in [-0.1, -0.05) is 23.7 Å². The number of hydrogen-bond acceptors (Lipinski definition) is 3. The molecule has 0 fully saturated rings. The maximum atomic E-state index is 13.3. The summed E-state index contributed by atoms with van der Waals surface area (Å²) in [5.74, 6) is 0.103. The Hall–Kier alpha value is -1.46. The van der Waals surface area contributed by atoms with Crippen molar-refractivity contribution in [2.45, 2.75) is 32.4 Å². The molecule has 1 atom stereocenters. The zero-order valence-electron chi connectivity index (χ0n) is 10.7. The third kappa shape index (κ3) is 2.93. The van der Waals surface area contributed by atoms with Crippen molar-refractivity contribution in [1.82, 2.24) is 14.8 Å². The van der Waals surface area contributed by atoms with E-state index in [0.29, 0.717) is 11.4 Å². The van der Waals surface area contributed by atoms with Gasteiger partial charge < -0.3 is 5.11 Å². The molecule has 1 heterocycles. The quantitative estimate of drug-likeness (QED) is 0.938. The summed E-state index contributed by atoms with van der Waals surface area (Å²) in [6.07, 6.45) is 0.765. The van der Waals surface area contributed by atoms with Crippen LogP contribution in [0.1, 0.15) is 37.4 Å². The molecular formula is C13H15ClFN3O. The van der Waals surface area contributed by atoms with Crippen molar-refractivity contribution in [3.8, 4) is 0 Å². The van der Waals surface area contributed by atoms with Crippen LogP contribution in [0.15, 0.2) is 24.5 Å². The molecule has 0 saturated carbocycles. The van der Waals surface area contributed by atoms with Crippen molar-refractivity contribution >= 4 is 11.6 Å². The fraction of sp³-hybridized carbons (Fsp3) is 0.385. The van der Waals surface area contributed by atoms with Gasteiger partial charge in [-0.25, -0.2) is 14.1 Å². The van der Waals surface area contributed by atoms with E-state index >= 15 is 0 Å². The number of aromatic nitrogens is 3. The second-order valence-corrected chi connectivity index (χ2v) is 4.96. The SMILES string of the molecule is CC(C)n1ncnc1CC(O)c1cccc(F)c1Cl. The fourth-order valence-corrected chi connectivity index (χ4v) is 2.16. The molecule has 0 aliphatic rings. The van der Waals surface area contributed by atoms with E-state index < -0.39 is 11.9 Å². The van der Waals surface area contributed by atoms with Gasteiger partial charge in [-0.2, -0.15) is 5.10 Å². The summed E-state index contributed by atoms with van der Waals surface area (Å²) in [5.41, 5.74) is 0.361. The normalized spacial score (nSPS) is 12.9. The molecule has 0 aliphatic heterocycles. The highest BCUT2D eigenvalue weighted by atomic mass is 35.5. The summed E-state index contributed by atoms with van der Waals surface area (Å²) in [4.78, 5) is 4.11. The van der Waals surface area contributed by atoms with Crippen LogP contribution >= 0.6 is 11.6 Å². The fourth-order valence-electron chi connectivity index (χ4n) is 1.91. The molecule has 4 nitrogen and oxygen atoms in total. The molecule has 0 amide bonds. The van der Waals surface area contributed by atoms with Crippen LogP contribution in [0.5, 0.6) is 0 Å². The Morgan fingerprint density at radius 3 is 2.84 bits per heavy atom. The minimum atomic E-state index is -0.912. The molecule has 0 aliphatic carbocycles. The number of nitrogens with zero attached hydrogens (tertiary/aromatic N) is 3. The van der Waals surface area contributed by atoms with Crippen LogP contribution in [0.3, 0.4) is 0 Å². The predicted molar refractivity (Wildman–Crippen MR) is 70.5 cm³/mol. The highest BCUT2D eigenvalue weighted by Gasteiger charge is 2.18. The Bertz CT molecular complexity index is 571. The number of hydrogen-bond donors (Lipinski definition) is 1. The number of halogens is 2. The molecule has 2 aromatic rings. The van der Waals surface area contributed by atoms with Gasteiger partial charge in [-0.3, -0.25) is 0 Å². The Kier molecular flexibility index (Phi) is 4.17. The standard InChI is InChI=1S/C13H15ClFN3O/c1-8(2)18-12(16-7-17-18)6-11(19)9-4-3-5-10(15)13(9)14/h3-5,7-8,11,19H,6H2,1-2H3. The third-order valence-corrected chi connectivity index (χ3v) is 3.25. The van der Waals surface area contributed by atoms with Crippen LogP contribution in [-0.4, -0.2) is 19.9 Å². The average molecular weight is 284 g/mol. The molecule has 1 aromatic heterocycles. The summed E-state index contributed by atoms with van der Waals surface area (Å²) < 4.78 is 15.1. The molecule has 0 saturated heterocycles. The molecule has 6 heteroatoms. The molecule has 0 spiro atoms. The van der Waals surface area contributed by atoms with E-state index in [0.717, 1.165) is 0 Å². The molecule has 0 bridgehead atoms. The van der Waals surface area contributed by atoms with Gasteiger partial charge in [-0.05, 0) is 19.9 Å². The van der Waals surface area contributed by atoms with E-state index in [1.807, 2.05) is 13.8 Å². The highest BCUT2D eigenvalue weighted by Crippen LogP contribution is 2.27. The van der Waals surface area contributed by atoms with Gasteiger partial charge in [0.15, 0.2) is 0 Å². The molecule has 102 valence electrons. The van der Waals surface area contributed by atoms with E-state index in [1.165, 1.54) is 18.5 Å². The van der Waals surface area contributed by atoms with Crippen LogP contribution in [0, 0.1) is 5.82 Å². The van der Waals surface area contributed by atoms with Crippen LogP contribution in [0.25, 0.3) is 0 Å². The van der Waals surface area contributed by atoms with Crippen molar-refractivity contribution in [3.05, 3.63) is 46.8 Å². The summed E-state index contributed by atoms with van der Waals surface area (Å²) in [6.45, 7) is 3.94. The first kappa shape index (κ1) is 14.0. The molecule has 0 radical (unpaired) electrons. The average Bonchev–Trinajstić information content (AvgIpc) is 2.80. The number of aliphatic hydroxyl groups is 1. The van der Waals surface area contributed by atoms with E-state index in [1.54, 1.807) is 10.7 Å². The minimum Gasteiger partial charge on any atom is -0.388 e. The number of benzene rings is 1. The second-order valence-electron chi connectivity index (χ2n) is 4.58. The summed E-state index contributed by atoms with van der Waals surface area (Å²) in [6, 6.07) is 4.53. The topological polar surface area (TPSA) is 50.9 Å². The van der Waals surface area contributed by atoms with Gasteiger partial charge in [0.1, 0.15) is 18.0 Å². The predicted octanol–water partition coefficient (Wildman–Crippen LogP) is 2.93. The maximum Gasteiger partial charge on any atom is 0.142 e. The smallest absolute Gasteiger partial charge is 0.142 e. The molecule has 1 aromatic carbocycles. The minimum absolute atomic E-state index is 0.0504. The Balaban J connectivity index is 2.23. The lowest BCUT2D eigenvalue weighted by Crippen LogP contribution is -2.12. The first-order valence-corrected chi connectivity index (χ1v) is 6.39. The molecule has 2 rings (SSSR count). The third-order valence-electron chi connectivity index (χ3n) is 2.85. The van der Waals surface area contributed by atoms with Crippen molar-refractivity contribution in [2.75, 3.05) is 0 Å². The highest BCUT2D eigenvalue weighted by molar-refractivity contribution is 6.31. The number of aliphatic hydroxyl groups excluding tert-OH is 1. The van der Waals surface area contributed by atoms with Gasteiger partial charge in [0.25, 0.3) is 0 Å². The maximum absolute atomic E-state index is 13.3. The molecule has 19 heavy (non-hydrogen) atoms.